The summed E-state index contributed by atoms with van der Waals surface area (Å²) in [5.41, 5.74) is 9.94. The quantitative estimate of drug-likeness (QED) is 0.168. The Morgan fingerprint density at radius 2 is 1.11 bits per heavy atom. The Hall–Kier alpha value is -5.22. The summed E-state index contributed by atoms with van der Waals surface area (Å²) in [5.74, 6) is 0. The Morgan fingerprint density at radius 3 is 1.65 bits per heavy atom. The van der Waals surface area contributed by atoms with E-state index >= 15 is 0 Å². The number of nitrogens with zero attached hydrogens (tertiary/aromatic N) is 3. The van der Waals surface area contributed by atoms with Crippen molar-refractivity contribution >= 4 is 21.9 Å². The predicted molar refractivity (Wildman–Crippen MR) is 182 cm³/mol. The van der Waals surface area contributed by atoms with E-state index in [-0.39, 0.29) is 20.1 Å². The molecule has 5 heteroatoms. The zero-order chi connectivity index (χ0) is 30.8. The number of hydrogen-bond donors (Lipinski definition) is 0. The van der Waals surface area contributed by atoms with E-state index in [2.05, 4.69) is 51.4 Å². The number of furan rings is 1. The molecular formula is C41H30IrN3O. The second kappa shape index (κ2) is 15.7. The first-order chi connectivity index (χ1) is 22.2. The molecule has 4 heterocycles. The number of fused-ring (bicyclic) bond motifs is 3. The molecule has 0 unspecified atom stereocenters. The van der Waals surface area contributed by atoms with Crippen LogP contribution in [0.2, 0.25) is 0 Å². The van der Waals surface area contributed by atoms with Gasteiger partial charge in [-0.2, -0.15) is 0 Å². The molecule has 0 N–H and O–H groups in total. The fourth-order valence-corrected chi connectivity index (χ4v) is 4.75. The standard InChI is InChI=1S/C17H10NO.2C12H10N.Ir/c1-2-10-16-12(6-1)13-7-5-8-14(17(13)19-16)15-9-3-4-11-18-15;2*1-10-7-8-12(13-9-10)11-5-3-2-4-6-11;/h1-7,9-11H;2*2-5,7-9H,1H3;/q3*-1;+3. The van der Waals surface area contributed by atoms with Gasteiger partial charge in [0.15, 0.2) is 0 Å². The molecule has 0 amide bonds. The molecule has 8 rings (SSSR count). The van der Waals surface area contributed by atoms with Gasteiger partial charge in [0, 0.05) is 24.0 Å². The molecule has 46 heavy (non-hydrogen) atoms. The fraction of sp³-hybridized carbons (Fsp3) is 0.0488. The molecule has 224 valence electrons. The first kappa shape index (κ1) is 32.2. The van der Waals surface area contributed by atoms with E-state index in [0.29, 0.717) is 0 Å². The molecule has 4 aromatic carbocycles. The molecule has 0 radical (unpaired) electrons. The summed E-state index contributed by atoms with van der Waals surface area (Å²) in [5, 5.41) is 2.23. The SMILES string of the molecule is Cc1ccc(-c2[c-]cccc2)nc1.Cc1ccc(-c2[c-]cccc2)nc1.[Ir+3].[c-]1ccc2c(oc3ccccc32)c1-c1ccccn1. The van der Waals surface area contributed by atoms with Crippen molar-refractivity contribution in [1.82, 2.24) is 15.0 Å². The van der Waals surface area contributed by atoms with E-state index in [1.807, 2.05) is 135 Å². The molecule has 4 nitrogen and oxygen atoms in total. The normalized spacial score (nSPS) is 10.2. The Labute approximate surface area is 283 Å². The minimum atomic E-state index is 0. The molecule has 0 atom stereocenters. The predicted octanol–water partition coefficient (Wildman–Crippen LogP) is 10.2. The molecule has 0 saturated carbocycles. The molecule has 0 aliphatic carbocycles. The van der Waals surface area contributed by atoms with Crippen molar-refractivity contribution in [3.8, 4) is 33.8 Å². The molecular weight excluding hydrogens is 743 g/mol. The van der Waals surface area contributed by atoms with Gasteiger partial charge in [0.1, 0.15) is 5.58 Å². The van der Waals surface area contributed by atoms with E-state index in [4.69, 9.17) is 4.42 Å². The number of rotatable bonds is 3. The Kier molecular flexibility index (Phi) is 11.0. The van der Waals surface area contributed by atoms with Crippen LogP contribution in [0, 0.1) is 32.0 Å². The van der Waals surface area contributed by atoms with Crippen LogP contribution in [0.1, 0.15) is 11.1 Å². The van der Waals surface area contributed by atoms with Crippen LogP contribution >= 0.6 is 0 Å². The van der Waals surface area contributed by atoms with Crippen LogP contribution in [0.25, 0.3) is 55.7 Å². The number of aryl methyl sites for hydroxylation is 2. The number of hydrogen-bond acceptors (Lipinski definition) is 4. The smallest absolute Gasteiger partial charge is 0.501 e. The van der Waals surface area contributed by atoms with Crippen molar-refractivity contribution in [2.75, 3.05) is 0 Å². The number of para-hydroxylation sites is 1. The fourth-order valence-electron chi connectivity index (χ4n) is 4.75. The second-order valence-electron chi connectivity index (χ2n) is 10.4. The van der Waals surface area contributed by atoms with Crippen LogP contribution in [0.3, 0.4) is 0 Å². The first-order valence-corrected chi connectivity index (χ1v) is 14.7. The summed E-state index contributed by atoms with van der Waals surface area (Å²) in [4.78, 5) is 13.0. The van der Waals surface area contributed by atoms with Gasteiger partial charge in [0.25, 0.3) is 0 Å². The summed E-state index contributed by atoms with van der Waals surface area (Å²) >= 11 is 0. The van der Waals surface area contributed by atoms with Crippen LogP contribution in [-0.2, 0) is 20.1 Å². The third kappa shape index (κ3) is 7.89. The monoisotopic (exact) mass is 773 g/mol. The zero-order valence-corrected chi connectivity index (χ0v) is 27.8. The van der Waals surface area contributed by atoms with E-state index < -0.39 is 0 Å². The number of pyridine rings is 3. The number of benzene rings is 4. The van der Waals surface area contributed by atoms with Crippen molar-refractivity contribution in [2.24, 2.45) is 0 Å². The van der Waals surface area contributed by atoms with Crippen LogP contribution < -0.4 is 0 Å². The molecule has 0 aliphatic heterocycles. The molecule has 0 spiro atoms. The summed E-state index contributed by atoms with van der Waals surface area (Å²) in [7, 11) is 0. The topological polar surface area (TPSA) is 51.8 Å². The maximum absolute atomic E-state index is 5.97. The average Bonchev–Trinajstić information content (AvgIpc) is 3.50. The third-order valence-corrected chi connectivity index (χ3v) is 7.05. The Balaban J connectivity index is 0.000000139. The van der Waals surface area contributed by atoms with Gasteiger partial charge < -0.3 is 19.4 Å². The van der Waals surface area contributed by atoms with Crippen LogP contribution in [0.5, 0.6) is 0 Å². The van der Waals surface area contributed by atoms with Gasteiger partial charge in [-0.15, -0.1) is 90.0 Å². The second-order valence-corrected chi connectivity index (χ2v) is 10.4. The van der Waals surface area contributed by atoms with Crippen LogP contribution in [0.4, 0.5) is 0 Å². The molecule has 0 fully saturated rings. The summed E-state index contributed by atoms with van der Waals surface area (Å²) in [6.07, 6.45) is 5.52. The van der Waals surface area contributed by atoms with Crippen molar-refractivity contribution in [2.45, 2.75) is 13.8 Å². The van der Waals surface area contributed by atoms with E-state index in [9.17, 15) is 0 Å². The largest absolute Gasteiger partial charge is 3.00 e. The minimum Gasteiger partial charge on any atom is -0.501 e. The summed E-state index contributed by atoms with van der Waals surface area (Å²) < 4.78 is 5.97. The average molecular weight is 773 g/mol. The van der Waals surface area contributed by atoms with Crippen molar-refractivity contribution in [3.05, 3.63) is 175 Å². The zero-order valence-electron chi connectivity index (χ0n) is 25.4. The van der Waals surface area contributed by atoms with E-state index in [0.717, 1.165) is 55.7 Å². The first-order valence-electron chi connectivity index (χ1n) is 14.7. The summed E-state index contributed by atoms with van der Waals surface area (Å²) in [6, 6.07) is 51.3. The van der Waals surface area contributed by atoms with E-state index in [1.165, 1.54) is 11.1 Å². The molecule has 0 aliphatic rings. The molecule has 4 aromatic heterocycles. The van der Waals surface area contributed by atoms with Crippen LogP contribution in [-0.4, -0.2) is 15.0 Å². The maximum Gasteiger partial charge on any atom is 3.00 e. The van der Waals surface area contributed by atoms with Crippen molar-refractivity contribution in [1.29, 1.82) is 0 Å². The third-order valence-electron chi connectivity index (χ3n) is 7.05. The maximum atomic E-state index is 5.97. The molecule has 0 bridgehead atoms. The molecule has 8 aromatic rings. The Bertz CT molecular complexity index is 2010. The van der Waals surface area contributed by atoms with Gasteiger partial charge >= 0.3 is 20.1 Å². The van der Waals surface area contributed by atoms with Gasteiger partial charge in [0.05, 0.1) is 5.58 Å². The van der Waals surface area contributed by atoms with Crippen LogP contribution in [0.15, 0.2) is 150 Å². The Morgan fingerprint density at radius 1 is 0.500 bits per heavy atom. The number of aromatic nitrogens is 3. The van der Waals surface area contributed by atoms with Gasteiger partial charge in [-0.3, -0.25) is 0 Å². The van der Waals surface area contributed by atoms with Gasteiger partial charge in [-0.05, 0) is 54.2 Å². The van der Waals surface area contributed by atoms with Gasteiger partial charge in [0.2, 0.25) is 0 Å². The molecule has 0 saturated heterocycles. The summed E-state index contributed by atoms with van der Waals surface area (Å²) in [6.45, 7) is 4.07. The van der Waals surface area contributed by atoms with Crippen molar-refractivity contribution in [3.63, 3.8) is 0 Å². The van der Waals surface area contributed by atoms with Gasteiger partial charge in [-0.1, -0.05) is 65.5 Å². The van der Waals surface area contributed by atoms with E-state index in [1.54, 1.807) is 6.20 Å². The minimum absolute atomic E-state index is 0. The van der Waals surface area contributed by atoms with Gasteiger partial charge in [-0.25, -0.2) is 0 Å². The van der Waals surface area contributed by atoms with Crippen molar-refractivity contribution < 1.29 is 24.5 Å².